The van der Waals surface area contributed by atoms with E-state index >= 15 is 0 Å². The van der Waals surface area contributed by atoms with Crippen molar-refractivity contribution in [3.63, 3.8) is 0 Å². The smallest absolute Gasteiger partial charge is 0.303 e. The van der Waals surface area contributed by atoms with Crippen LogP contribution in [-0.4, -0.2) is 279 Å². The van der Waals surface area contributed by atoms with Crippen molar-refractivity contribution in [2.75, 3.05) is 162 Å². The molecule has 1 saturated heterocycles. The molecule has 14 bridgehead atoms. The van der Waals surface area contributed by atoms with Crippen molar-refractivity contribution in [2.24, 2.45) is 17.8 Å². The standard InChI is InChI=1S/C33H41N5O5S.2C33H43N5O5S/c1-35-12-13-36-14-16-37(17-15-36)33(40)25-18-24-19-26(43-2)9-11-27(24)31-30(22-6-4-3-5-7-22)28-10-8-23(20-29(28)38(31)21-25)32(39)34-44(35,41)42;2*1-35-14-16-36(2)33(40)25-18-24-19-26(43-4)11-13-27(24)31-30(22-8-6-5-7-9-22)28-12-10-23(20-29(28)38(31)21-25)32(39)34-44(41,42)37(3)17-15-35/h8-11,19-20,22,25H,3-7,12-18,21H2,1-2H3,(H,34,39);2*10-13,19-20,22,25H,5-9,14-18,21H2,1-4H3,(H,34,39)/t3*25-/m110/s1. The summed E-state index contributed by atoms with van der Waals surface area (Å²) in [6, 6.07) is 35.1. The van der Waals surface area contributed by atoms with Crippen LogP contribution in [0.5, 0.6) is 17.2 Å². The molecule has 30 nitrogen and oxygen atoms in total. The highest BCUT2D eigenvalue weighted by atomic mass is 32.2. The number of nitrogens with one attached hydrogen (secondary N) is 3. The molecule has 33 heteroatoms. The molecule has 8 aliphatic heterocycles. The summed E-state index contributed by atoms with van der Waals surface area (Å²) in [7, 11) is 4.80. The number of carbonyl (C=O) groups is 6. The van der Waals surface area contributed by atoms with Gasteiger partial charge in [-0.25, -0.2) is 14.2 Å². The van der Waals surface area contributed by atoms with Crippen molar-refractivity contribution in [3.8, 4) is 51.0 Å². The van der Waals surface area contributed by atoms with Gasteiger partial charge in [0.15, 0.2) is 0 Å². The predicted octanol–water partition coefficient (Wildman–Crippen LogP) is 11.3. The molecule has 3 saturated carbocycles. The summed E-state index contributed by atoms with van der Waals surface area (Å²) in [5.41, 5.74) is 17.1. The molecule has 3 aromatic heterocycles. The number of amides is 6. The van der Waals surface area contributed by atoms with Gasteiger partial charge in [-0.2, -0.15) is 38.2 Å². The van der Waals surface area contributed by atoms with Crippen LogP contribution < -0.4 is 28.4 Å². The molecule has 11 heterocycles. The Kier molecular flexibility index (Phi) is 27.6. The van der Waals surface area contributed by atoms with Gasteiger partial charge in [0.1, 0.15) is 17.2 Å². The van der Waals surface area contributed by atoms with E-state index in [1.807, 2.05) is 97.5 Å². The van der Waals surface area contributed by atoms with Gasteiger partial charge in [-0.1, -0.05) is 76.0 Å². The maximum absolute atomic E-state index is 14.3. The third kappa shape index (κ3) is 19.1. The number of benzene rings is 6. The van der Waals surface area contributed by atoms with E-state index in [1.165, 1.54) is 99.9 Å². The van der Waals surface area contributed by atoms with Crippen LogP contribution in [0.4, 0.5) is 0 Å². The van der Waals surface area contributed by atoms with Gasteiger partial charge >= 0.3 is 30.6 Å². The van der Waals surface area contributed by atoms with Crippen LogP contribution in [-0.2, 0) is 83.9 Å². The molecule has 20 rings (SSSR count). The highest BCUT2D eigenvalue weighted by Gasteiger charge is 2.42. The lowest BCUT2D eigenvalue weighted by Crippen LogP contribution is -2.52. The lowest BCUT2D eigenvalue weighted by atomic mass is 9.81. The summed E-state index contributed by atoms with van der Waals surface area (Å²) in [5.74, 6) is 0.707. The van der Waals surface area contributed by atoms with Crippen LogP contribution in [0.15, 0.2) is 109 Å². The van der Waals surface area contributed by atoms with Gasteiger partial charge in [-0.05, 0) is 214 Å². The van der Waals surface area contributed by atoms with E-state index < -0.39 is 48.3 Å². The molecule has 9 aromatic rings. The second-order valence-electron chi connectivity index (χ2n) is 38.2. The first-order valence-electron chi connectivity index (χ1n) is 47.1. The Hall–Kier alpha value is -10.2. The molecular weight excluding hydrogens is 1740 g/mol. The Morgan fingerprint density at radius 1 is 0.311 bits per heavy atom. The SMILES string of the molecule is COc1ccc2c(c1)C[C@@H]1Cn3c-2c(C2CCCCC2)c2ccc(cc23)C(=O)NS(=O)(=O)N(C)CCN(C)CCN(C)C1=O.COc1ccc2c(c1)C[C@@H]1Cn3c-2c(C2CCCCC2)c2ccc(cc23)C(=O)NS(=O)(=O)N(C)CCN2CCN(CC2)C1=O.COc1ccc2c(c1)C[C@H]1Cn3c-2c(C2CCCCC2)c2ccc(cc23)C(=O)NS(=O)(=O)N(C)CCN(C)CCN(C)C1=O. The van der Waals surface area contributed by atoms with E-state index in [-0.39, 0.29) is 71.8 Å². The average molecular weight is 1860 g/mol. The second-order valence-corrected chi connectivity index (χ2v) is 43.5. The number of likely N-dealkylation sites (N-methyl/N-ethyl adjacent to an activating group) is 7. The maximum atomic E-state index is 14.3. The van der Waals surface area contributed by atoms with Gasteiger partial charge in [0.2, 0.25) is 17.7 Å². The first-order valence-corrected chi connectivity index (χ1v) is 51.4. The van der Waals surface area contributed by atoms with Crippen molar-refractivity contribution < 1.29 is 68.2 Å². The summed E-state index contributed by atoms with van der Waals surface area (Å²) < 4.78 is 113. The summed E-state index contributed by atoms with van der Waals surface area (Å²) in [5, 5.41) is 3.20. The van der Waals surface area contributed by atoms with E-state index in [4.69, 9.17) is 14.2 Å². The third-order valence-electron chi connectivity index (χ3n) is 29.8. The number of hydrogen-bond acceptors (Lipinski definition) is 18. The van der Waals surface area contributed by atoms with Crippen LogP contribution in [0.1, 0.15) is 179 Å². The van der Waals surface area contributed by atoms with Crippen LogP contribution in [0.3, 0.4) is 0 Å². The zero-order valence-corrected chi connectivity index (χ0v) is 80.3. The van der Waals surface area contributed by atoms with Crippen molar-refractivity contribution in [3.05, 3.63) is 159 Å². The zero-order valence-electron chi connectivity index (χ0n) is 77.8. The number of rotatable bonds is 6. The van der Waals surface area contributed by atoms with Crippen molar-refractivity contribution in [1.82, 2.24) is 70.2 Å². The number of aromatic nitrogens is 3. The van der Waals surface area contributed by atoms with Crippen LogP contribution in [0, 0.1) is 17.8 Å². The summed E-state index contributed by atoms with van der Waals surface area (Å²) >= 11 is 0. The fraction of sp³-hybridized carbons (Fsp3) is 0.515. The Balaban J connectivity index is 0.000000138. The topological polar surface area (TPSA) is 313 Å². The van der Waals surface area contributed by atoms with Crippen molar-refractivity contribution >= 4 is 98.8 Å². The van der Waals surface area contributed by atoms with Crippen LogP contribution in [0.25, 0.3) is 66.5 Å². The molecule has 4 fully saturated rings. The number of ether oxygens (including phenoxy) is 3. The largest absolute Gasteiger partial charge is 0.497 e. The normalized spacial score (nSPS) is 22.9. The molecular formula is C99H127N15O15S3. The second kappa shape index (κ2) is 39.0. The minimum Gasteiger partial charge on any atom is -0.497 e. The van der Waals surface area contributed by atoms with Crippen LogP contribution in [0.2, 0.25) is 0 Å². The van der Waals surface area contributed by atoms with E-state index in [9.17, 15) is 54.0 Å². The minimum atomic E-state index is -4.05. The number of methoxy groups -OCH3 is 3. The number of hydrogen-bond donors (Lipinski definition) is 3. The van der Waals surface area contributed by atoms with Crippen LogP contribution >= 0.6 is 0 Å². The fourth-order valence-electron chi connectivity index (χ4n) is 22.0. The molecule has 0 unspecified atom stereocenters. The lowest BCUT2D eigenvalue weighted by Gasteiger charge is -2.37. The molecule has 11 aliphatic rings. The van der Waals surface area contributed by atoms with E-state index in [0.717, 1.165) is 148 Å². The Labute approximate surface area is 775 Å². The Bertz CT molecular complexity index is 6040. The molecule has 6 amide bonds. The summed E-state index contributed by atoms with van der Waals surface area (Å²) in [6.07, 6.45) is 19.0. The van der Waals surface area contributed by atoms with Gasteiger partial charge < -0.3 is 52.4 Å². The third-order valence-corrected chi connectivity index (χ3v) is 34.1. The Morgan fingerprint density at radius 2 is 0.598 bits per heavy atom. The van der Waals surface area contributed by atoms with Crippen molar-refractivity contribution in [2.45, 2.75) is 153 Å². The first-order chi connectivity index (χ1) is 63.4. The lowest BCUT2D eigenvalue weighted by molar-refractivity contribution is -0.138. The predicted molar refractivity (Wildman–Crippen MR) is 511 cm³/mol. The maximum Gasteiger partial charge on any atom is 0.303 e. The number of fused-ring (bicyclic) bond motifs is 17. The molecule has 706 valence electrons. The quantitative estimate of drug-likeness (QED) is 0.139. The highest BCUT2D eigenvalue weighted by molar-refractivity contribution is 7.88. The molecule has 3 aliphatic carbocycles. The average Bonchev–Trinajstić information content (AvgIpc) is 1.58. The minimum absolute atomic E-state index is 0.0685. The zero-order chi connectivity index (χ0) is 92.9. The van der Waals surface area contributed by atoms with E-state index in [2.05, 4.69) is 69.2 Å². The van der Waals surface area contributed by atoms with Gasteiger partial charge in [0.05, 0.1) is 56.2 Å². The van der Waals surface area contributed by atoms with Gasteiger partial charge in [0, 0.05) is 213 Å². The number of piperazine rings is 1. The molecule has 3 atom stereocenters. The fourth-order valence-corrected chi connectivity index (χ4v) is 24.5. The molecule has 0 spiro atoms. The highest BCUT2D eigenvalue weighted by Crippen LogP contribution is 2.52. The molecule has 6 aromatic carbocycles. The first kappa shape index (κ1) is 93.6. The summed E-state index contributed by atoms with van der Waals surface area (Å²) in [6.45, 7) is 8.24. The monoisotopic (exact) mass is 1860 g/mol. The van der Waals surface area contributed by atoms with Gasteiger partial charge in [-0.15, -0.1) is 0 Å². The van der Waals surface area contributed by atoms with E-state index in [1.54, 1.807) is 49.3 Å². The van der Waals surface area contributed by atoms with E-state index in [0.29, 0.717) is 129 Å². The number of nitrogens with zero attached hydrogens (tertiary/aromatic N) is 12. The summed E-state index contributed by atoms with van der Waals surface area (Å²) in [4.78, 5) is 94.6. The molecule has 0 radical (unpaired) electrons. The molecule has 3 N–H and O–H groups in total. The van der Waals surface area contributed by atoms with Gasteiger partial charge in [0.25, 0.3) is 17.7 Å². The number of carbonyl (C=O) groups excluding carboxylic acids is 6. The Morgan fingerprint density at radius 3 is 0.909 bits per heavy atom. The van der Waals surface area contributed by atoms with Crippen molar-refractivity contribution in [1.29, 1.82) is 0 Å². The molecule has 132 heavy (non-hydrogen) atoms. The van der Waals surface area contributed by atoms with Gasteiger partial charge in [-0.3, -0.25) is 33.7 Å².